The second kappa shape index (κ2) is 9.07. The summed E-state index contributed by atoms with van der Waals surface area (Å²) in [5, 5.41) is 8.28. The first-order valence-electron chi connectivity index (χ1n) is 9.16. The van der Waals surface area contributed by atoms with Gasteiger partial charge in [-0.1, -0.05) is 34.4 Å². The molecule has 4 rings (SSSR count). The van der Waals surface area contributed by atoms with Gasteiger partial charge in [-0.05, 0) is 36.4 Å². The molecule has 0 unspecified atom stereocenters. The van der Waals surface area contributed by atoms with Gasteiger partial charge < -0.3 is 9.84 Å². The number of Topliss-reactive ketones (excluding diaryl/α,β-unsaturated/α-hetero) is 1. The molecule has 8 heteroatoms. The summed E-state index contributed by atoms with van der Waals surface area (Å²) in [6, 6.07) is 14.1. The van der Waals surface area contributed by atoms with Crippen molar-refractivity contribution in [1.29, 1.82) is 0 Å². The molecule has 150 valence electrons. The second-order valence-corrected chi connectivity index (χ2v) is 7.26. The van der Waals surface area contributed by atoms with Gasteiger partial charge in [-0.2, -0.15) is 0 Å². The molecule has 0 bridgehead atoms. The number of rotatable bonds is 7. The lowest BCUT2D eigenvalue weighted by Crippen LogP contribution is -2.09. The molecule has 0 fully saturated rings. The third-order valence-corrected chi connectivity index (χ3v) is 5.04. The van der Waals surface area contributed by atoms with Crippen LogP contribution in [-0.2, 0) is 0 Å². The highest BCUT2D eigenvalue weighted by molar-refractivity contribution is 6.39. The van der Waals surface area contributed by atoms with Gasteiger partial charge in [-0.3, -0.25) is 14.8 Å². The summed E-state index contributed by atoms with van der Waals surface area (Å²) < 4.78 is 5.45. The number of nitrogens with one attached hydrogen (secondary N) is 1. The number of aromatic nitrogens is 3. The number of halogens is 2. The number of hydrogen-bond acceptors (Lipinski definition) is 6. The number of pyridine rings is 2. The number of benzene rings is 1. The highest BCUT2D eigenvalue weighted by Crippen LogP contribution is 2.35. The zero-order chi connectivity index (χ0) is 20.9. The van der Waals surface area contributed by atoms with Crippen molar-refractivity contribution in [2.45, 2.75) is 6.42 Å². The monoisotopic (exact) mass is 438 g/mol. The van der Waals surface area contributed by atoms with Gasteiger partial charge in [0.2, 0.25) is 0 Å². The number of carbonyl (C=O) groups is 1. The van der Waals surface area contributed by atoms with Crippen molar-refractivity contribution in [3.05, 3.63) is 82.7 Å². The lowest BCUT2D eigenvalue weighted by molar-refractivity contribution is 0.0986. The zero-order valence-corrected chi connectivity index (χ0v) is 17.2. The first-order chi connectivity index (χ1) is 14.6. The fourth-order valence-electron chi connectivity index (χ4n) is 2.92. The van der Waals surface area contributed by atoms with Crippen molar-refractivity contribution in [2.24, 2.45) is 0 Å². The first kappa shape index (κ1) is 20.1. The molecular formula is C22H16Cl2N4O2. The minimum Gasteiger partial charge on any atom is -0.384 e. The van der Waals surface area contributed by atoms with E-state index >= 15 is 0 Å². The Bertz CT molecular complexity index is 1160. The molecular weight excluding hydrogens is 423 g/mol. The first-order valence-corrected chi connectivity index (χ1v) is 9.92. The lowest BCUT2D eigenvalue weighted by atomic mass is 10.1. The van der Waals surface area contributed by atoms with E-state index in [1.165, 1.54) is 0 Å². The van der Waals surface area contributed by atoms with Crippen LogP contribution in [0.15, 0.2) is 71.6 Å². The molecule has 3 heterocycles. The van der Waals surface area contributed by atoms with E-state index < -0.39 is 0 Å². The standard InChI is InChI=1S/C22H16Cl2N4O2/c23-16-4-1-5-17(24)22(16)19-12-21(30-28-19)18-11-15(6-9-27-18)26-10-7-20(29)14-3-2-8-25-13-14/h1-6,8-9,11-13H,7,10H2,(H,26,27). The largest absolute Gasteiger partial charge is 0.384 e. The number of nitrogens with zero attached hydrogens (tertiary/aromatic N) is 3. The number of carbonyl (C=O) groups excluding carboxylic acids is 1. The Hall–Kier alpha value is -3.22. The summed E-state index contributed by atoms with van der Waals surface area (Å²) in [5.41, 5.74) is 3.15. The molecule has 30 heavy (non-hydrogen) atoms. The van der Waals surface area contributed by atoms with E-state index in [4.69, 9.17) is 27.7 Å². The molecule has 0 spiro atoms. The van der Waals surface area contributed by atoms with E-state index in [1.54, 1.807) is 55.0 Å². The zero-order valence-electron chi connectivity index (χ0n) is 15.7. The second-order valence-electron chi connectivity index (χ2n) is 6.44. The van der Waals surface area contributed by atoms with Gasteiger partial charge in [0, 0.05) is 54.4 Å². The van der Waals surface area contributed by atoms with E-state index in [1.807, 2.05) is 12.1 Å². The molecule has 1 aromatic carbocycles. The van der Waals surface area contributed by atoms with Crippen LogP contribution >= 0.6 is 23.2 Å². The van der Waals surface area contributed by atoms with Crippen LogP contribution in [0.2, 0.25) is 10.0 Å². The topological polar surface area (TPSA) is 80.9 Å². The smallest absolute Gasteiger partial charge is 0.185 e. The molecule has 0 amide bonds. The number of hydrogen-bond donors (Lipinski definition) is 1. The quantitative estimate of drug-likeness (QED) is 0.367. The van der Waals surface area contributed by atoms with Crippen molar-refractivity contribution < 1.29 is 9.32 Å². The summed E-state index contributed by atoms with van der Waals surface area (Å²) in [4.78, 5) is 20.5. The number of anilines is 1. The summed E-state index contributed by atoms with van der Waals surface area (Å²) in [5.74, 6) is 0.512. The minimum atomic E-state index is 0.0291. The Morgan fingerprint density at radius 3 is 2.60 bits per heavy atom. The van der Waals surface area contributed by atoms with Crippen molar-refractivity contribution in [3.63, 3.8) is 0 Å². The van der Waals surface area contributed by atoms with Crippen LogP contribution in [0.1, 0.15) is 16.8 Å². The van der Waals surface area contributed by atoms with Gasteiger partial charge in [0.15, 0.2) is 11.5 Å². The van der Waals surface area contributed by atoms with Gasteiger partial charge in [0.25, 0.3) is 0 Å². The number of ketones is 1. The van der Waals surface area contributed by atoms with Crippen LogP contribution < -0.4 is 5.32 Å². The maximum Gasteiger partial charge on any atom is 0.185 e. The van der Waals surface area contributed by atoms with Crippen molar-refractivity contribution in [3.8, 4) is 22.7 Å². The molecule has 6 nitrogen and oxygen atoms in total. The van der Waals surface area contributed by atoms with Crippen molar-refractivity contribution >= 4 is 34.7 Å². The van der Waals surface area contributed by atoms with Gasteiger partial charge in [-0.15, -0.1) is 0 Å². The highest BCUT2D eigenvalue weighted by atomic mass is 35.5. The third kappa shape index (κ3) is 4.50. The van der Waals surface area contributed by atoms with E-state index in [0.29, 0.717) is 51.3 Å². The van der Waals surface area contributed by atoms with E-state index in [2.05, 4.69) is 20.4 Å². The van der Waals surface area contributed by atoms with Gasteiger partial charge >= 0.3 is 0 Å². The molecule has 0 radical (unpaired) electrons. The van der Waals surface area contributed by atoms with E-state index in [0.717, 1.165) is 5.69 Å². The molecule has 0 saturated carbocycles. The fourth-order valence-corrected chi connectivity index (χ4v) is 3.51. The maximum atomic E-state index is 12.2. The molecule has 0 atom stereocenters. The molecule has 1 N–H and O–H groups in total. The van der Waals surface area contributed by atoms with Crippen LogP contribution in [0.5, 0.6) is 0 Å². The fraction of sp³-hybridized carbons (Fsp3) is 0.0909. The molecule has 0 saturated heterocycles. The molecule has 0 aliphatic carbocycles. The Morgan fingerprint density at radius 2 is 1.83 bits per heavy atom. The Kier molecular flexibility index (Phi) is 6.07. The summed E-state index contributed by atoms with van der Waals surface area (Å²) in [6.07, 6.45) is 5.22. The Morgan fingerprint density at radius 1 is 1.00 bits per heavy atom. The minimum absolute atomic E-state index is 0.0291. The van der Waals surface area contributed by atoms with Crippen molar-refractivity contribution in [1.82, 2.24) is 15.1 Å². The Balaban J connectivity index is 1.45. The SMILES string of the molecule is O=C(CCNc1ccnc(-c2cc(-c3c(Cl)cccc3Cl)no2)c1)c1cccnc1. The van der Waals surface area contributed by atoms with Gasteiger partial charge in [0.1, 0.15) is 11.4 Å². The summed E-state index contributed by atoms with van der Waals surface area (Å²) >= 11 is 12.5. The molecule has 4 aromatic rings. The maximum absolute atomic E-state index is 12.2. The average Bonchev–Trinajstić information content (AvgIpc) is 3.24. The third-order valence-electron chi connectivity index (χ3n) is 4.41. The highest BCUT2D eigenvalue weighted by Gasteiger charge is 2.15. The van der Waals surface area contributed by atoms with E-state index in [-0.39, 0.29) is 5.78 Å². The average molecular weight is 439 g/mol. The summed E-state index contributed by atoms with van der Waals surface area (Å²) in [7, 11) is 0. The van der Waals surface area contributed by atoms with Gasteiger partial charge in [-0.25, -0.2) is 0 Å². The summed E-state index contributed by atoms with van der Waals surface area (Å²) in [6.45, 7) is 0.480. The van der Waals surface area contributed by atoms with Crippen molar-refractivity contribution in [2.75, 3.05) is 11.9 Å². The van der Waals surface area contributed by atoms with Crippen LogP contribution in [-0.4, -0.2) is 27.5 Å². The molecule has 3 aromatic heterocycles. The van der Waals surface area contributed by atoms with Gasteiger partial charge in [0.05, 0.1) is 10.0 Å². The lowest BCUT2D eigenvalue weighted by Gasteiger charge is -2.06. The molecule has 0 aliphatic rings. The van der Waals surface area contributed by atoms with Crippen LogP contribution in [0.25, 0.3) is 22.7 Å². The van der Waals surface area contributed by atoms with Crippen LogP contribution in [0.3, 0.4) is 0 Å². The van der Waals surface area contributed by atoms with Crippen LogP contribution in [0, 0.1) is 0 Å². The molecule has 0 aliphatic heterocycles. The van der Waals surface area contributed by atoms with Crippen LogP contribution in [0.4, 0.5) is 5.69 Å². The predicted molar refractivity (Wildman–Crippen MR) is 117 cm³/mol. The van der Waals surface area contributed by atoms with E-state index in [9.17, 15) is 4.79 Å². The Labute approximate surface area is 182 Å². The normalized spacial score (nSPS) is 10.7. The predicted octanol–water partition coefficient (Wildman–Crippen LogP) is 5.79.